The summed E-state index contributed by atoms with van der Waals surface area (Å²) < 4.78 is 0.806. The summed E-state index contributed by atoms with van der Waals surface area (Å²) in [6.07, 6.45) is 1.59. The second kappa shape index (κ2) is 6.39. The van der Waals surface area contributed by atoms with Gasteiger partial charge in [-0.2, -0.15) is 0 Å². The van der Waals surface area contributed by atoms with Gasteiger partial charge in [-0.15, -0.1) is 0 Å². The van der Waals surface area contributed by atoms with E-state index in [2.05, 4.69) is 15.9 Å². The lowest BCUT2D eigenvalue weighted by Crippen LogP contribution is -2.31. The first-order valence-corrected chi connectivity index (χ1v) is 7.43. The van der Waals surface area contributed by atoms with Gasteiger partial charge >= 0.3 is 11.9 Å². The molecule has 0 amide bonds. The fourth-order valence-corrected chi connectivity index (χ4v) is 2.64. The number of halogens is 1. The first kappa shape index (κ1) is 15.7. The zero-order valence-corrected chi connectivity index (χ0v) is 12.7. The van der Waals surface area contributed by atoms with E-state index in [9.17, 15) is 24.6 Å². The van der Waals surface area contributed by atoms with Crippen molar-refractivity contribution in [1.82, 2.24) is 0 Å². The molecule has 112 valence electrons. The molecule has 1 aromatic rings. The van der Waals surface area contributed by atoms with Crippen molar-refractivity contribution >= 4 is 33.7 Å². The van der Waals surface area contributed by atoms with Crippen molar-refractivity contribution in [3.05, 3.63) is 34.3 Å². The van der Waals surface area contributed by atoms with Gasteiger partial charge in [0, 0.05) is 22.7 Å². The largest absolute Gasteiger partial charge is 0.481 e. The maximum Gasteiger partial charge on any atom is 0.318 e. The lowest BCUT2D eigenvalue weighted by atomic mass is 9.81. The topological polar surface area (TPSA) is 91.7 Å². The molecule has 0 radical (unpaired) electrons. The summed E-state index contributed by atoms with van der Waals surface area (Å²) in [4.78, 5) is 34.6. The van der Waals surface area contributed by atoms with Gasteiger partial charge in [0.05, 0.1) is 0 Å². The number of hydrogen-bond acceptors (Lipinski definition) is 3. The quantitative estimate of drug-likeness (QED) is 0.734. The molecule has 5 nitrogen and oxygen atoms in total. The molecule has 6 heteroatoms. The van der Waals surface area contributed by atoms with E-state index in [4.69, 9.17) is 0 Å². The zero-order chi connectivity index (χ0) is 15.6. The lowest BCUT2D eigenvalue weighted by Gasteiger charge is -2.21. The number of hydrogen-bond donors (Lipinski definition) is 2. The highest BCUT2D eigenvalue weighted by molar-refractivity contribution is 9.10. The molecule has 0 heterocycles. The van der Waals surface area contributed by atoms with Gasteiger partial charge in [-0.1, -0.05) is 28.1 Å². The molecular weight excluding hydrogens is 340 g/mol. The Hall–Kier alpha value is -1.69. The predicted octanol–water partition coefficient (Wildman–Crippen LogP) is 2.69. The standard InChI is InChI=1S/C15H15BrO5/c16-10-5-3-8(4-6-10)11(7-12(17)9-1-2-9)13(14(18)19)15(20)21/h3-6,9,11,13H,1-2,7H2,(H,18,19)(H,20,21). The number of benzene rings is 1. The van der Waals surface area contributed by atoms with E-state index in [0.717, 1.165) is 17.3 Å². The van der Waals surface area contributed by atoms with Gasteiger partial charge in [-0.25, -0.2) is 0 Å². The maximum atomic E-state index is 12.0. The maximum absolute atomic E-state index is 12.0. The number of carbonyl (C=O) groups excluding carboxylic acids is 1. The molecule has 0 bridgehead atoms. The number of ketones is 1. The SMILES string of the molecule is O=C(CC(c1ccc(Br)cc1)C(C(=O)O)C(=O)O)C1CC1. The van der Waals surface area contributed by atoms with Gasteiger partial charge in [0.25, 0.3) is 0 Å². The normalized spacial score (nSPS) is 15.7. The molecule has 0 spiro atoms. The molecule has 0 aliphatic heterocycles. The van der Waals surface area contributed by atoms with Crippen molar-refractivity contribution in [1.29, 1.82) is 0 Å². The Morgan fingerprint density at radius 3 is 2.05 bits per heavy atom. The van der Waals surface area contributed by atoms with Crippen LogP contribution in [-0.4, -0.2) is 27.9 Å². The molecule has 1 fully saturated rings. The Balaban J connectivity index is 2.31. The van der Waals surface area contributed by atoms with Crippen molar-refractivity contribution in [2.24, 2.45) is 11.8 Å². The summed E-state index contributed by atoms with van der Waals surface area (Å²) in [5, 5.41) is 18.4. The van der Waals surface area contributed by atoms with Crippen LogP contribution >= 0.6 is 15.9 Å². The summed E-state index contributed by atoms with van der Waals surface area (Å²) in [6.45, 7) is 0. The fourth-order valence-electron chi connectivity index (χ4n) is 2.38. The number of carboxylic acids is 2. The summed E-state index contributed by atoms with van der Waals surface area (Å²) in [7, 11) is 0. The average molecular weight is 355 g/mol. The van der Waals surface area contributed by atoms with Crippen molar-refractivity contribution in [3.8, 4) is 0 Å². The third-order valence-electron chi connectivity index (χ3n) is 3.69. The lowest BCUT2D eigenvalue weighted by molar-refractivity contribution is -0.155. The van der Waals surface area contributed by atoms with Crippen LogP contribution in [-0.2, 0) is 14.4 Å². The summed E-state index contributed by atoms with van der Waals surface area (Å²) in [6, 6.07) is 6.75. The van der Waals surface area contributed by atoms with Crippen molar-refractivity contribution in [3.63, 3.8) is 0 Å². The molecular formula is C15H15BrO5. The molecule has 0 aromatic heterocycles. The van der Waals surface area contributed by atoms with E-state index in [1.165, 1.54) is 0 Å². The summed E-state index contributed by atoms with van der Waals surface area (Å²) >= 11 is 3.27. The zero-order valence-electron chi connectivity index (χ0n) is 11.2. The molecule has 1 aliphatic carbocycles. The predicted molar refractivity (Wildman–Crippen MR) is 78.0 cm³/mol. The first-order chi connectivity index (χ1) is 9.90. The summed E-state index contributed by atoms with van der Waals surface area (Å²) in [5.74, 6) is -5.37. The first-order valence-electron chi connectivity index (χ1n) is 6.64. The van der Waals surface area contributed by atoms with Crippen LogP contribution in [0.4, 0.5) is 0 Å². The minimum absolute atomic E-state index is 0.0220. The van der Waals surface area contributed by atoms with Gasteiger partial charge in [0.15, 0.2) is 5.92 Å². The van der Waals surface area contributed by atoms with Gasteiger partial charge < -0.3 is 10.2 Å². The molecule has 2 rings (SSSR count). The Morgan fingerprint density at radius 2 is 1.62 bits per heavy atom. The van der Waals surface area contributed by atoms with Crippen LogP contribution in [0.15, 0.2) is 28.7 Å². The minimum Gasteiger partial charge on any atom is -0.481 e. The molecule has 0 saturated heterocycles. The van der Waals surface area contributed by atoms with Crippen LogP contribution in [0, 0.1) is 11.8 Å². The number of carboxylic acid groups (broad SMARTS) is 2. The van der Waals surface area contributed by atoms with Gasteiger partial charge in [-0.3, -0.25) is 14.4 Å². The van der Waals surface area contributed by atoms with Crippen LogP contribution in [0.1, 0.15) is 30.7 Å². The smallest absolute Gasteiger partial charge is 0.318 e. The minimum atomic E-state index is -1.62. The van der Waals surface area contributed by atoms with Crippen LogP contribution in [0.2, 0.25) is 0 Å². The van der Waals surface area contributed by atoms with Gasteiger partial charge in [0.2, 0.25) is 0 Å². The van der Waals surface area contributed by atoms with E-state index in [-0.39, 0.29) is 18.1 Å². The van der Waals surface area contributed by atoms with Crippen molar-refractivity contribution in [2.45, 2.75) is 25.2 Å². The Bertz CT molecular complexity index is 548. The third kappa shape index (κ3) is 3.91. The van der Waals surface area contributed by atoms with E-state index in [0.29, 0.717) is 5.56 Å². The van der Waals surface area contributed by atoms with E-state index in [1.807, 2.05) is 0 Å². The van der Waals surface area contributed by atoms with Crippen LogP contribution < -0.4 is 0 Å². The summed E-state index contributed by atoms with van der Waals surface area (Å²) in [5.41, 5.74) is 0.557. The molecule has 2 N–H and O–H groups in total. The van der Waals surface area contributed by atoms with Crippen LogP contribution in [0.5, 0.6) is 0 Å². The molecule has 1 aromatic carbocycles. The van der Waals surface area contributed by atoms with Crippen LogP contribution in [0.3, 0.4) is 0 Å². The highest BCUT2D eigenvalue weighted by atomic mass is 79.9. The molecule has 21 heavy (non-hydrogen) atoms. The number of carbonyl (C=O) groups is 3. The number of rotatable bonds is 7. The van der Waals surface area contributed by atoms with Crippen molar-refractivity contribution < 1.29 is 24.6 Å². The van der Waals surface area contributed by atoms with Crippen molar-refractivity contribution in [2.75, 3.05) is 0 Å². The molecule has 1 saturated carbocycles. The molecule has 1 aliphatic rings. The number of aliphatic carboxylic acids is 2. The third-order valence-corrected chi connectivity index (χ3v) is 4.22. The Kier molecular flexibility index (Phi) is 4.77. The van der Waals surface area contributed by atoms with Gasteiger partial charge in [0.1, 0.15) is 5.78 Å². The fraction of sp³-hybridized carbons (Fsp3) is 0.400. The Morgan fingerprint density at radius 1 is 1.10 bits per heavy atom. The molecule has 1 atom stereocenters. The van der Waals surface area contributed by atoms with Gasteiger partial charge in [-0.05, 0) is 30.5 Å². The van der Waals surface area contributed by atoms with Crippen LogP contribution in [0.25, 0.3) is 0 Å². The highest BCUT2D eigenvalue weighted by Crippen LogP contribution is 2.37. The van der Waals surface area contributed by atoms with E-state index in [1.54, 1.807) is 24.3 Å². The van der Waals surface area contributed by atoms with E-state index >= 15 is 0 Å². The molecule has 1 unspecified atom stereocenters. The Labute approximate surface area is 130 Å². The number of Topliss-reactive ketones (excluding diaryl/α,β-unsaturated/α-hetero) is 1. The highest BCUT2D eigenvalue weighted by Gasteiger charge is 2.40. The second-order valence-electron chi connectivity index (χ2n) is 5.26. The monoisotopic (exact) mass is 354 g/mol. The average Bonchev–Trinajstić information content (AvgIpc) is 3.22. The van der Waals surface area contributed by atoms with E-state index < -0.39 is 23.8 Å². The second-order valence-corrected chi connectivity index (χ2v) is 6.17.